The maximum Gasteiger partial charge on any atom is 0.340 e. The van der Waals surface area contributed by atoms with Gasteiger partial charge in [-0.05, 0) is 56.9 Å². The van der Waals surface area contributed by atoms with E-state index in [1.807, 2.05) is 17.9 Å². The molecule has 1 atom stereocenters. The molecule has 6 heteroatoms. The minimum Gasteiger partial charge on any atom is -0.452 e. The minimum atomic E-state index is -0.631. The lowest BCUT2D eigenvalue weighted by molar-refractivity contribution is -0.138. The quantitative estimate of drug-likeness (QED) is 0.727. The third-order valence-corrected chi connectivity index (χ3v) is 5.42. The summed E-state index contributed by atoms with van der Waals surface area (Å²) in [5, 5.41) is 2.77. The van der Waals surface area contributed by atoms with Gasteiger partial charge >= 0.3 is 5.97 Å². The maximum atomic E-state index is 12.6. The molecule has 0 aromatic heterocycles. The fraction of sp³-hybridized carbons (Fsp3) is 0.375. The van der Waals surface area contributed by atoms with Crippen LogP contribution in [0.3, 0.4) is 0 Å². The van der Waals surface area contributed by atoms with E-state index in [9.17, 15) is 14.4 Å². The molecule has 2 aromatic carbocycles. The van der Waals surface area contributed by atoms with Crippen LogP contribution in [0.25, 0.3) is 0 Å². The Bertz CT molecular complexity index is 925. The largest absolute Gasteiger partial charge is 0.452 e. The molecule has 0 saturated carbocycles. The van der Waals surface area contributed by atoms with Crippen molar-refractivity contribution in [3.63, 3.8) is 0 Å². The van der Waals surface area contributed by atoms with Gasteiger partial charge in [0.05, 0.1) is 11.3 Å². The zero-order valence-electron chi connectivity index (χ0n) is 17.5. The van der Waals surface area contributed by atoms with E-state index in [0.29, 0.717) is 17.8 Å². The van der Waals surface area contributed by atoms with E-state index in [0.717, 1.165) is 31.2 Å². The van der Waals surface area contributed by atoms with Crippen molar-refractivity contribution in [1.82, 2.24) is 4.90 Å². The van der Waals surface area contributed by atoms with Crippen LogP contribution in [-0.2, 0) is 9.53 Å². The number of amides is 2. The first kappa shape index (κ1) is 21.6. The van der Waals surface area contributed by atoms with Gasteiger partial charge in [0.2, 0.25) is 0 Å². The summed E-state index contributed by atoms with van der Waals surface area (Å²) in [5.74, 6) is -1.11. The first-order valence-electron chi connectivity index (χ1n) is 10.4. The number of nitrogens with one attached hydrogen (secondary N) is 1. The highest BCUT2D eigenvalue weighted by Gasteiger charge is 2.26. The third-order valence-electron chi connectivity index (χ3n) is 5.42. The first-order chi connectivity index (χ1) is 14.5. The Morgan fingerprint density at radius 2 is 1.90 bits per heavy atom. The Labute approximate surface area is 177 Å². The molecule has 1 N–H and O–H groups in total. The van der Waals surface area contributed by atoms with Crippen LogP contribution < -0.4 is 5.32 Å². The van der Waals surface area contributed by atoms with Gasteiger partial charge < -0.3 is 15.0 Å². The van der Waals surface area contributed by atoms with Gasteiger partial charge in [0.25, 0.3) is 11.8 Å². The summed E-state index contributed by atoms with van der Waals surface area (Å²) in [5.41, 5.74) is 2.05. The van der Waals surface area contributed by atoms with Crippen LogP contribution >= 0.6 is 0 Å². The normalized spacial score (nSPS) is 16.1. The number of rotatable bonds is 6. The van der Waals surface area contributed by atoms with Crippen molar-refractivity contribution in [3.05, 3.63) is 65.2 Å². The number of esters is 1. The highest BCUT2D eigenvalue weighted by molar-refractivity contribution is 6.08. The van der Waals surface area contributed by atoms with E-state index in [2.05, 4.69) is 12.2 Å². The van der Waals surface area contributed by atoms with Gasteiger partial charge in [-0.15, -0.1) is 0 Å². The molecular weight excluding hydrogens is 380 g/mol. The number of carbonyl (C=O) groups excluding carboxylic acids is 3. The lowest BCUT2D eigenvalue weighted by atomic mass is 10.00. The summed E-state index contributed by atoms with van der Waals surface area (Å²) >= 11 is 0. The predicted molar refractivity (Wildman–Crippen MR) is 115 cm³/mol. The lowest BCUT2D eigenvalue weighted by Crippen LogP contribution is -2.45. The molecule has 0 bridgehead atoms. The number of anilines is 1. The van der Waals surface area contributed by atoms with Crippen LogP contribution in [0.5, 0.6) is 0 Å². The average Bonchev–Trinajstić information content (AvgIpc) is 2.77. The van der Waals surface area contributed by atoms with Crippen molar-refractivity contribution >= 4 is 23.5 Å². The van der Waals surface area contributed by atoms with Crippen molar-refractivity contribution in [2.24, 2.45) is 0 Å². The Morgan fingerprint density at radius 1 is 1.10 bits per heavy atom. The lowest BCUT2D eigenvalue weighted by Gasteiger charge is -2.35. The van der Waals surface area contributed by atoms with Gasteiger partial charge in [-0.2, -0.15) is 0 Å². The highest BCUT2D eigenvalue weighted by atomic mass is 16.5. The average molecular weight is 408 g/mol. The molecule has 1 fully saturated rings. The highest BCUT2D eigenvalue weighted by Crippen LogP contribution is 2.21. The summed E-state index contributed by atoms with van der Waals surface area (Å²) in [4.78, 5) is 39.6. The van der Waals surface area contributed by atoms with Crippen molar-refractivity contribution in [3.8, 4) is 0 Å². The molecule has 1 unspecified atom stereocenters. The van der Waals surface area contributed by atoms with Crippen LogP contribution in [0, 0.1) is 6.92 Å². The van der Waals surface area contributed by atoms with Crippen molar-refractivity contribution in [2.75, 3.05) is 18.5 Å². The van der Waals surface area contributed by atoms with E-state index < -0.39 is 5.97 Å². The minimum absolute atomic E-state index is 0.170. The Balaban J connectivity index is 1.65. The Hall–Kier alpha value is -3.15. The molecule has 6 nitrogen and oxygen atoms in total. The fourth-order valence-corrected chi connectivity index (χ4v) is 3.79. The van der Waals surface area contributed by atoms with E-state index in [4.69, 9.17) is 4.74 Å². The number of hydrogen-bond acceptors (Lipinski definition) is 4. The number of likely N-dealkylation sites (tertiary alicyclic amines) is 1. The van der Waals surface area contributed by atoms with Gasteiger partial charge in [0.15, 0.2) is 6.61 Å². The van der Waals surface area contributed by atoms with Crippen LogP contribution in [-0.4, -0.2) is 41.9 Å². The third kappa shape index (κ3) is 5.26. The molecule has 1 aliphatic rings. The predicted octanol–water partition coefficient (Wildman–Crippen LogP) is 4.20. The van der Waals surface area contributed by atoms with Crippen molar-refractivity contribution in [1.29, 1.82) is 0 Å². The number of piperidine rings is 1. The number of aryl methyl sites for hydroxylation is 1. The molecule has 0 aliphatic carbocycles. The molecule has 2 amide bonds. The summed E-state index contributed by atoms with van der Waals surface area (Å²) in [6.45, 7) is 4.38. The molecular formula is C24H28N2O4. The van der Waals surface area contributed by atoms with Gasteiger partial charge in [-0.3, -0.25) is 9.59 Å². The van der Waals surface area contributed by atoms with Crippen LogP contribution in [0.15, 0.2) is 48.5 Å². The molecule has 3 rings (SSSR count). The number of ether oxygens (including phenoxy) is 1. The summed E-state index contributed by atoms with van der Waals surface area (Å²) < 4.78 is 5.30. The molecule has 158 valence electrons. The Kier molecular flexibility index (Phi) is 7.22. The number of para-hydroxylation sites is 1. The van der Waals surface area contributed by atoms with Gasteiger partial charge in [-0.25, -0.2) is 4.79 Å². The number of hydrogen-bond donors (Lipinski definition) is 1. The van der Waals surface area contributed by atoms with Crippen LogP contribution in [0.2, 0.25) is 0 Å². The number of carbonyl (C=O) groups is 3. The molecule has 2 aromatic rings. The molecule has 0 spiro atoms. The summed E-state index contributed by atoms with van der Waals surface area (Å²) in [6.07, 6.45) is 3.98. The summed E-state index contributed by atoms with van der Waals surface area (Å²) in [7, 11) is 0. The number of nitrogens with zero attached hydrogens (tertiary/aromatic N) is 1. The maximum absolute atomic E-state index is 12.6. The standard InChI is InChI=1S/C24H28N2O4/c1-3-19-11-6-7-14-26(19)22(27)16-30-24(29)20-12-4-5-13-21(20)25-23(28)18-10-8-9-17(2)15-18/h4-5,8-10,12-13,15,19H,3,6-7,11,14,16H2,1-2H3,(H,25,28). The second kappa shape index (κ2) is 10.1. The second-order valence-corrected chi connectivity index (χ2v) is 7.59. The second-order valence-electron chi connectivity index (χ2n) is 7.59. The van der Waals surface area contributed by atoms with Crippen LogP contribution in [0.4, 0.5) is 5.69 Å². The summed E-state index contributed by atoms with van der Waals surface area (Å²) in [6, 6.07) is 14.1. The monoisotopic (exact) mass is 408 g/mol. The molecule has 1 saturated heterocycles. The van der Waals surface area contributed by atoms with E-state index >= 15 is 0 Å². The van der Waals surface area contributed by atoms with E-state index in [-0.39, 0.29) is 30.0 Å². The SMILES string of the molecule is CCC1CCCCN1C(=O)COC(=O)c1ccccc1NC(=O)c1cccc(C)c1. The van der Waals surface area contributed by atoms with Gasteiger partial charge in [0, 0.05) is 18.2 Å². The van der Waals surface area contributed by atoms with Gasteiger partial charge in [-0.1, -0.05) is 36.8 Å². The van der Waals surface area contributed by atoms with E-state index in [1.165, 1.54) is 0 Å². The first-order valence-corrected chi connectivity index (χ1v) is 10.4. The van der Waals surface area contributed by atoms with Crippen molar-refractivity contribution in [2.45, 2.75) is 45.6 Å². The zero-order valence-corrected chi connectivity index (χ0v) is 17.5. The molecule has 1 aliphatic heterocycles. The number of benzene rings is 2. The zero-order chi connectivity index (χ0) is 21.5. The van der Waals surface area contributed by atoms with Crippen LogP contribution in [0.1, 0.15) is 58.9 Å². The molecule has 0 radical (unpaired) electrons. The fourth-order valence-electron chi connectivity index (χ4n) is 3.79. The molecule has 30 heavy (non-hydrogen) atoms. The van der Waals surface area contributed by atoms with E-state index in [1.54, 1.807) is 42.5 Å². The topological polar surface area (TPSA) is 75.7 Å². The smallest absolute Gasteiger partial charge is 0.340 e. The Morgan fingerprint density at radius 3 is 2.67 bits per heavy atom. The molecule has 1 heterocycles. The van der Waals surface area contributed by atoms with Gasteiger partial charge in [0.1, 0.15) is 0 Å². The van der Waals surface area contributed by atoms with Crippen molar-refractivity contribution < 1.29 is 19.1 Å².